The van der Waals surface area contributed by atoms with Gasteiger partial charge in [-0.05, 0) is 42.3 Å². The Kier molecular flexibility index (Phi) is 4.23. The van der Waals surface area contributed by atoms with E-state index in [0.717, 1.165) is 27.8 Å². The monoisotopic (exact) mass is 377 g/mol. The first kappa shape index (κ1) is 17.6. The third kappa shape index (κ3) is 2.94. The zero-order valence-corrected chi connectivity index (χ0v) is 15.4. The molecule has 28 heavy (non-hydrogen) atoms. The first-order valence-corrected chi connectivity index (χ1v) is 8.69. The summed E-state index contributed by atoms with van der Waals surface area (Å²) in [5.41, 5.74) is 8.66. The molecule has 8 heteroatoms. The number of aromatic amines is 1. The molecule has 4 rings (SSSR count). The largest absolute Gasteiger partial charge is 0.497 e. The Labute approximate surface area is 160 Å². The second-order valence-electron chi connectivity index (χ2n) is 6.56. The van der Waals surface area contributed by atoms with Gasteiger partial charge in [0.1, 0.15) is 17.1 Å². The van der Waals surface area contributed by atoms with Crippen LogP contribution in [0.25, 0.3) is 10.9 Å². The second kappa shape index (κ2) is 6.73. The van der Waals surface area contributed by atoms with E-state index in [0.29, 0.717) is 18.1 Å². The highest BCUT2D eigenvalue weighted by atomic mass is 16.5. The molecule has 0 amide bonds. The van der Waals surface area contributed by atoms with Crippen molar-refractivity contribution in [3.63, 3.8) is 0 Å². The first-order valence-electron chi connectivity index (χ1n) is 8.69. The quantitative estimate of drug-likeness (QED) is 0.381. The summed E-state index contributed by atoms with van der Waals surface area (Å²) in [4.78, 5) is 24.1. The maximum absolute atomic E-state index is 12.1. The van der Waals surface area contributed by atoms with Crippen molar-refractivity contribution in [1.82, 2.24) is 10.2 Å². The average Bonchev–Trinajstić information content (AvgIpc) is 3.08. The molecule has 0 aliphatic heterocycles. The van der Waals surface area contributed by atoms with Gasteiger partial charge in [0.15, 0.2) is 5.82 Å². The smallest absolute Gasteiger partial charge is 0.253 e. The molecule has 0 fully saturated rings. The minimum atomic E-state index is -0.550. The van der Waals surface area contributed by atoms with Gasteiger partial charge in [-0.3, -0.25) is 14.7 Å². The summed E-state index contributed by atoms with van der Waals surface area (Å²) in [6, 6.07) is 11.1. The van der Waals surface area contributed by atoms with E-state index in [1.54, 1.807) is 13.2 Å². The first-order chi connectivity index (χ1) is 13.5. The second-order valence-corrected chi connectivity index (χ2v) is 6.56. The van der Waals surface area contributed by atoms with E-state index in [9.17, 15) is 9.59 Å². The number of aromatic nitrogens is 2. The molecular weight excluding hydrogens is 358 g/mol. The van der Waals surface area contributed by atoms with E-state index >= 15 is 0 Å². The Bertz CT molecular complexity index is 1250. The summed E-state index contributed by atoms with van der Waals surface area (Å²) in [5, 5.41) is 13.7. The number of nitrogens with one attached hydrogen (secondary N) is 3. The number of fused-ring (bicyclic) bond motifs is 1. The molecule has 4 aromatic rings. The van der Waals surface area contributed by atoms with Crippen molar-refractivity contribution in [3.8, 4) is 5.75 Å². The van der Waals surface area contributed by atoms with Crippen LogP contribution < -0.4 is 32.0 Å². The van der Waals surface area contributed by atoms with E-state index in [4.69, 9.17) is 10.5 Å². The van der Waals surface area contributed by atoms with E-state index in [2.05, 4.69) is 20.8 Å². The lowest BCUT2D eigenvalue weighted by Crippen LogP contribution is -2.36. The Morgan fingerprint density at radius 3 is 2.71 bits per heavy atom. The summed E-state index contributed by atoms with van der Waals surface area (Å²) in [5.74, 6) is 1.10. The highest BCUT2D eigenvalue weighted by Crippen LogP contribution is 2.29. The lowest BCUT2D eigenvalue weighted by Gasteiger charge is -2.16. The predicted molar refractivity (Wildman–Crippen MR) is 110 cm³/mol. The van der Waals surface area contributed by atoms with Gasteiger partial charge in [0.25, 0.3) is 10.9 Å². The van der Waals surface area contributed by atoms with Crippen LogP contribution in [0.15, 0.2) is 46.0 Å². The van der Waals surface area contributed by atoms with Crippen LogP contribution >= 0.6 is 0 Å². The van der Waals surface area contributed by atoms with Crippen molar-refractivity contribution in [2.75, 3.05) is 23.5 Å². The molecule has 1 aromatic heterocycles. The van der Waals surface area contributed by atoms with Crippen LogP contribution in [-0.2, 0) is 6.54 Å². The fourth-order valence-electron chi connectivity index (χ4n) is 3.18. The number of anilines is 4. The van der Waals surface area contributed by atoms with Crippen LogP contribution in [-0.4, -0.2) is 17.3 Å². The zero-order valence-electron chi connectivity index (χ0n) is 15.4. The molecule has 1 heterocycles. The SMILES string of the molecule is COc1cccc(CNc2c(Nc3cc(C)c4[nH]nc(N)c4c3)c(=O)c2=O)c1. The maximum Gasteiger partial charge on any atom is 0.253 e. The molecule has 0 unspecified atom stereocenters. The van der Waals surface area contributed by atoms with Crippen molar-refractivity contribution in [1.29, 1.82) is 0 Å². The molecule has 0 atom stereocenters. The van der Waals surface area contributed by atoms with Crippen molar-refractivity contribution in [2.24, 2.45) is 0 Å². The van der Waals surface area contributed by atoms with E-state index in [1.807, 2.05) is 37.3 Å². The van der Waals surface area contributed by atoms with Gasteiger partial charge in [-0.1, -0.05) is 12.1 Å². The molecule has 0 aliphatic carbocycles. The van der Waals surface area contributed by atoms with Crippen molar-refractivity contribution < 1.29 is 4.74 Å². The molecule has 142 valence electrons. The minimum Gasteiger partial charge on any atom is -0.497 e. The number of hydrogen-bond donors (Lipinski definition) is 4. The van der Waals surface area contributed by atoms with Crippen molar-refractivity contribution >= 4 is 33.8 Å². The van der Waals surface area contributed by atoms with E-state index in [1.165, 1.54) is 0 Å². The fourth-order valence-corrected chi connectivity index (χ4v) is 3.18. The number of ether oxygens (including phenoxy) is 1. The molecule has 0 aliphatic rings. The number of benzene rings is 2. The summed E-state index contributed by atoms with van der Waals surface area (Å²) < 4.78 is 5.20. The van der Waals surface area contributed by atoms with Crippen LogP contribution in [0.1, 0.15) is 11.1 Å². The lowest BCUT2D eigenvalue weighted by molar-refractivity contribution is 0.414. The molecule has 5 N–H and O–H groups in total. The molecule has 0 saturated heterocycles. The van der Waals surface area contributed by atoms with Gasteiger partial charge < -0.3 is 21.1 Å². The van der Waals surface area contributed by atoms with Crippen molar-refractivity contribution in [2.45, 2.75) is 13.5 Å². The lowest BCUT2D eigenvalue weighted by atomic mass is 10.1. The van der Waals surface area contributed by atoms with E-state index in [-0.39, 0.29) is 11.4 Å². The van der Waals surface area contributed by atoms with Gasteiger partial charge in [0, 0.05) is 17.6 Å². The summed E-state index contributed by atoms with van der Waals surface area (Å²) in [6.45, 7) is 2.30. The van der Waals surface area contributed by atoms with Crippen LogP contribution in [0.2, 0.25) is 0 Å². The van der Waals surface area contributed by atoms with Gasteiger partial charge >= 0.3 is 0 Å². The molecule has 3 aromatic carbocycles. The van der Waals surface area contributed by atoms with Crippen LogP contribution in [0.3, 0.4) is 0 Å². The van der Waals surface area contributed by atoms with Gasteiger partial charge in [0.2, 0.25) is 0 Å². The number of nitrogen functional groups attached to an aromatic ring is 1. The Hall–Kier alpha value is -3.81. The number of hydrogen-bond acceptors (Lipinski definition) is 7. The number of H-pyrrole nitrogens is 1. The Morgan fingerprint density at radius 2 is 1.93 bits per heavy atom. The topological polar surface area (TPSA) is 122 Å². The number of nitrogens with zero attached hydrogens (tertiary/aromatic N) is 1. The molecule has 0 saturated carbocycles. The Balaban J connectivity index is 1.58. The third-order valence-electron chi connectivity index (χ3n) is 4.68. The normalized spacial score (nSPS) is 11.1. The number of aryl methyl sites for hydroxylation is 1. The van der Waals surface area contributed by atoms with Gasteiger partial charge in [-0.2, -0.15) is 5.10 Å². The zero-order chi connectivity index (χ0) is 19.8. The van der Waals surface area contributed by atoms with Gasteiger partial charge in [-0.15, -0.1) is 0 Å². The number of nitrogens with two attached hydrogens (primary N) is 1. The molecule has 8 nitrogen and oxygen atoms in total. The number of methoxy groups -OCH3 is 1. The highest BCUT2D eigenvalue weighted by Gasteiger charge is 2.21. The van der Waals surface area contributed by atoms with Gasteiger partial charge in [0.05, 0.1) is 12.6 Å². The standard InChI is InChI=1S/C20H19N5O3/c1-10-6-12(8-14-15(10)24-25-20(14)21)23-17-16(18(26)19(17)27)22-9-11-4-3-5-13(7-11)28-2/h3-8,22-23H,9H2,1-2H3,(H3,21,24,25). The maximum atomic E-state index is 12.1. The average molecular weight is 377 g/mol. The molecule has 0 spiro atoms. The third-order valence-corrected chi connectivity index (χ3v) is 4.68. The summed E-state index contributed by atoms with van der Waals surface area (Å²) in [7, 11) is 1.59. The van der Waals surface area contributed by atoms with Gasteiger partial charge in [-0.25, -0.2) is 0 Å². The van der Waals surface area contributed by atoms with Crippen LogP contribution in [0.4, 0.5) is 22.9 Å². The minimum absolute atomic E-state index is 0.244. The van der Waals surface area contributed by atoms with Crippen LogP contribution in [0.5, 0.6) is 5.75 Å². The van der Waals surface area contributed by atoms with Crippen LogP contribution in [0, 0.1) is 6.92 Å². The number of rotatable bonds is 6. The fraction of sp³-hybridized carbons (Fsp3) is 0.150. The highest BCUT2D eigenvalue weighted by molar-refractivity contribution is 5.94. The molecular formula is C20H19N5O3. The van der Waals surface area contributed by atoms with E-state index < -0.39 is 10.9 Å². The summed E-state index contributed by atoms with van der Waals surface area (Å²) in [6.07, 6.45) is 0. The Morgan fingerprint density at radius 1 is 1.14 bits per heavy atom. The molecule has 0 bridgehead atoms. The predicted octanol–water partition coefficient (Wildman–Crippen LogP) is 2.41. The summed E-state index contributed by atoms with van der Waals surface area (Å²) >= 11 is 0. The van der Waals surface area contributed by atoms with Crippen molar-refractivity contribution in [3.05, 3.63) is 68.0 Å². The molecule has 0 radical (unpaired) electrons.